The Morgan fingerprint density at radius 2 is 2.47 bits per heavy atom. The summed E-state index contributed by atoms with van der Waals surface area (Å²) in [5.74, 6) is 0. The van der Waals surface area contributed by atoms with E-state index >= 15 is 0 Å². The zero-order chi connectivity index (χ0) is 13.3. The first-order valence-corrected chi connectivity index (χ1v) is 8.12. The van der Waals surface area contributed by atoms with Crippen LogP contribution in [0.5, 0.6) is 0 Å². The summed E-state index contributed by atoms with van der Waals surface area (Å²) in [6, 6.07) is 2.88. The van der Waals surface area contributed by atoms with Crippen molar-refractivity contribution in [1.82, 2.24) is 5.32 Å². The van der Waals surface area contributed by atoms with Crippen LogP contribution < -0.4 is 5.32 Å². The third-order valence-corrected chi connectivity index (χ3v) is 5.47. The van der Waals surface area contributed by atoms with Crippen molar-refractivity contribution in [3.63, 3.8) is 0 Å². The molecule has 2 aliphatic heterocycles. The molecule has 1 aromatic heterocycles. The molecule has 1 spiro atoms. The third kappa shape index (κ3) is 2.59. The maximum Gasteiger partial charge on any atom is 0.105 e. The molecule has 1 saturated heterocycles. The van der Waals surface area contributed by atoms with E-state index in [1.165, 1.54) is 15.3 Å². The van der Waals surface area contributed by atoms with Crippen LogP contribution >= 0.6 is 11.3 Å². The van der Waals surface area contributed by atoms with Crippen LogP contribution in [-0.2, 0) is 28.1 Å². The number of thiophene rings is 1. The first-order valence-electron chi connectivity index (χ1n) is 7.30. The molecule has 2 aliphatic rings. The molecule has 0 saturated carbocycles. The summed E-state index contributed by atoms with van der Waals surface area (Å²) in [5.41, 5.74) is 1.48. The average molecular weight is 281 g/mol. The summed E-state index contributed by atoms with van der Waals surface area (Å²) in [4.78, 5) is 2.82. The van der Waals surface area contributed by atoms with E-state index in [1.54, 1.807) is 0 Å². The topological polar surface area (TPSA) is 30.5 Å². The van der Waals surface area contributed by atoms with E-state index < -0.39 is 0 Å². The zero-order valence-corrected chi connectivity index (χ0v) is 12.6. The summed E-state index contributed by atoms with van der Waals surface area (Å²) < 4.78 is 11.8. The molecule has 3 nitrogen and oxygen atoms in total. The molecular weight excluding hydrogens is 258 g/mol. The summed E-state index contributed by atoms with van der Waals surface area (Å²) in [6.45, 7) is 7.76. The highest BCUT2D eigenvalue weighted by molar-refractivity contribution is 7.12. The smallest absolute Gasteiger partial charge is 0.105 e. The van der Waals surface area contributed by atoms with Crippen LogP contribution in [0.2, 0.25) is 0 Å². The van der Waals surface area contributed by atoms with Crippen LogP contribution in [0.3, 0.4) is 0 Å². The van der Waals surface area contributed by atoms with Crippen LogP contribution in [0.4, 0.5) is 0 Å². The molecule has 1 N–H and O–H groups in total. The van der Waals surface area contributed by atoms with Gasteiger partial charge in [0, 0.05) is 22.4 Å². The monoisotopic (exact) mass is 281 g/mol. The number of hydrogen-bond donors (Lipinski definition) is 1. The Balaban J connectivity index is 1.88. The van der Waals surface area contributed by atoms with Gasteiger partial charge in [-0.2, -0.15) is 0 Å². The minimum Gasteiger partial charge on any atom is -0.376 e. The second-order valence-corrected chi connectivity index (χ2v) is 6.74. The molecule has 3 heterocycles. The Bertz CT molecular complexity index is 445. The van der Waals surface area contributed by atoms with Crippen LogP contribution in [-0.4, -0.2) is 25.8 Å². The van der Waals surface area contributed by atoms with E-state index in [0.717, 1.165) is 45.6 Å². The largest absolute Gasteiger partial charge is 0.376 e. The normalized spacial score (nSPS) is 30.5. The van der Waals surface area contributed by atoms with Gasteiger partial charge < -0.3 is 14.8 Å². The van der Waals surface area contributed by atoms with Gasteiger partial charge in [0.25, 0.3) is 0 Å². The Labute approximate surface area is 119 Å². The minimum atomic E-state index is -0.0205. The van der Waals surface area contributed by atoms with Gasteiger partial charge in [-0.15, -0.1) is 11.3 Å². The Morgan fingerprint density at radius 3 is 3.26 bits per heavy atom. The number of rotatable bonds is 3. The lowest BCUT2D eigenvalue weighted by Crippen LogP contribution is -2.48. The molecule has 0 aliphatic carbocycles. The van der Waals surface area contributed by atoms with Crippen LogP contribution in [0.1, 0.15) is 42.0 Å². The number of ether oxygens (including phenoxy) is 2. The number of piperidine rings is 1. The fourth-order valence-electron chi connectivity index (χ4n) is 3.28. The van der Waals surface area contributed by atoms with E-state index in [0.29, 0.717) is 6.04 Å². The lowest BCUT2D eigenvalue weighted by atomic mass is 9.83. The van der Waals surface area contributed by atoms with E-state index in [-0.39, 0.29) is 5.60 Å². The summed E-state index contributed by atoms with van der Waals surface area (Å²) >= 11 is 1.90. The quantitative estimate of drug-likeness (QED) is 0.924. The molecule has 1 aromatic rings. The lowest BCUT2D eigenvalue weighted by molar-refractivity contribution is -0.0848. The standard InChI is InChI=1S/C15H23NO2S/c1-3-17-10-13-8-12-4-7-18-15(14(12)19-13)5-6-16-11(2)9-15/h8,11,16H,3-7,9-10H2,1-2H3/t11-,15+/m0/s1. The third-order valence-electron chi connectivity index (χ3n) is 4.13. The fraction of sp³-hybridized carbons (Fsp3) is 0.733. The number of hydrogen-bond acceptors (Lipinski definition) is 4. The van der Waals surface area contributed by atoms with E-state index in [2.05, 4.69) is 18.3 Å². The molecule has 0 amide bonds. The highest BCUT2D eigenvalue weighted by atomic mass is 32.1. The van der Waals surface area contributed by atoms with Gasteiger partial charge in [-0.25, -0.2) is 0 Å². The van der Waals surface area contributed by atoms with Crippen LogP contribution in [0.25, 0.3) is 0 Å². The van der Waals surface area contributed by atoms with Gasteiger partial charge in [0.1, 0.15) is 5.60 Å². The van der Waals surface area contributed by atoms with Gasteiger partial charge in [-0.3, -0.25) is 0 Å². The molecule has 0 unspecified atom stereocenters. The van der Waals surface area contributed by atoms with Gasteiger partial charge in [0.05, 0.1) is 13.2 Å². The number of nitrogens with one attached hydrogen (secondary N) is 1. The Morgan fingerprint density at radius 1 is 1.58 bits per heavy atom. The predicted molar refractivity (Wildman–Crippen MR) is 77.7 cm³/mol. The molecule has 19 heavy (non-hydrogen) atoms. The summed E-state index contributed by atoms with van der Waals surface area (Å²) in [5, 5.41) is 3.53. The molecule has 2 atom stereocenters. The van der Waals surface area contributed by atoms with Gasteiger partial charge in [-0.1, -0.05) is 0 Å². The minimum absolute atomic E-state index is 0.0205. The second-order valence-electron chi connectivity index (χ2n) is 5.61. The highest BCUT2D eigenvalue weighted by Gasteiger charge is 2.42. The Hall–Kier alpha value is -0.420. The first kappa shape index (κ1) is 13.6. The van der Waals surface area contributed by atoms with Gasteiger partial charge in [0.15, 0.2) is 0 Å². The lowest BCUT2D eigenvalue weighted by Gasteiger charge is -2.42. The molecule has 4 heteroatoms. The van der Waals surface area contributed by atoms with Crippen molar-refractivity contribution in [3.05, 3.63) is 21.4 Å². The van der Waals surface area contributed by atoms with Gasteiger partial charge >= 0.3 is 0 Å². The van der Waals surface area contributed by atoms with E-state index in [4.69, 9.17) is 9.47 Å². The van der Waals surface area contributed by atoms with Crippen molar-refractivity contribution in [2.24, 2.45) is 0 Å². The van der Waals surface area contributed by atoms with Gasteiger partial charge in [0.2, 0.25) is 0 Å². The maximum absolute atomic E-state index is 6.25. The SMILES string of the molecule is CCOCc1cc2c(s1)[C@]1(CCN[C@@H](C)C1)OCC2. The molecule has 1 fully saturated rings. The van der Waals surface area contributed by atoms with E-state index in [9.17, 15) is 0 Å². The van der Waals surface area contributed by atoms with Crippen molar-refractivity contribution < 1.29 is 9.47 Å². The maximum atomic E-state index is 6.25. The van der Waals surface area contributed by atoms with Crippen molar-refractivity contribution in [3.8, 4) is 0 Å². The van der Waals surface area contributed by atoms with Crippen molar-refractivity contribution in [2.45, 2.75) is 51.4 Å². The Kier molecular flexibility index (Phi) is 3.94. The summed E-state index contributed by atoms with van der Waals surface area (Å²) in [6.07, 6.45) is 3.25. The van der Waals surface area contributed by atoms with Crippen LogP contribution in [0.15, 0.2) is 6.07 Å². The van der Waals surface area contributed by atoms with Crippen molar-refractivity contribution in [1.29, 1.82) is 0 Å². The zero-order valence-electron chi connectivity index (χ0n) is 11.8. The van der Waals surface area contributed by atoms with Gasteiger partial charge in [-0.05, 0) is 51.3 Å². The molecule has 0 bridgehead atoms. The summed E-state index contributed by atoms with van der Waals surface area (Å²) in [7, 11) is 0. The second kappa shape index (κ2) is 5.52. The van der Waals surface area contributed by atoms with E-state index in [1.807, 2.05) is 18.3 Å². The molecule has 0 radical (unpaired) electrons. The molecule has 0 aromatic carbocycles. The van der Waals surface area contributed by atoms with Crippen LogP contribution in [0, 0.1) is 0 Å². The molecular formula is C15H23NO2S. The molecule has 106 valence electrons. The first-order chi connectivity index (χ1) is 9.23. The van der Waals surface area contributed by atoms with Crippen molar-refractivity contribution >= 4 is 11.3 Å². The average Bonchev–Trinajstić information content (AvgIpc) is 2.81. The molecule has 3 rings (SSSR count). The highest BCUT2D eigenvalue weighted by Crippen LogP contribution is 2.45. The number of fused-ring (bicyclic) bond motifs is 2. The van der Waals surface area contributed by atoms with Crippen molar-refractivity contribution in [2.75, 3.05) is 19.8 Å². The fourth-order valence-corrected chi connectivity index (χ4v) is 4.61. The predicted octanol–water partition coefficient (Wildman–Crippen LogP) is 2.82.